The number of nitrogens with one attached hydrogen (secondary N) is 2. The van der Waals surface area contributed by atoms with E-state index in [0.29, 0.717) is 40.1 Å². The van der Waals surface area contributed by atoms with E-state index >= 15 is 0 Å². The molecule has 1 aromatic rings. The fourth-order valence-electron chi connectivity index (χ4n) is 2.80. The van der Waals surface area contributed by atoms with Crippen LogP contribution in [0, 0.1) is 6.92 Å². The maximum atomic E-state index is 12.1. The molecule has 1 aromatic heterocycles. The number of nitrogens with zero attached hydrogens (tertiary/aromatic N) is 1. The molecule has 1 aliphatic heterocycles. The van der Waals surface area contributed by atoms with Gasteiger partial charge in [0.15, 0.2) is 5.11 Å². The molecule has 0 saturated carbocycles. The van der Waals surface area contributed by atoms with Crippen LogP contribution in [0.4, 0.5) is 5.00 Å². The number of anilines is 1. The van der Waals surface area contributed by atoms with Gasteiger partial charge in [0.1, 0.15) is 9.88 Å². The fraction of sp³-hybridized carbons (Fsp3) is 0.529. The maximum absolute atomic E-state index is 12.1. The lowest BCUT2D eigenvalue weighted by Crippen LogP contribution is -2.33. The lowest BCUT2D eigenvalue weighted by atomic mass is 10.1. The van der Waals surface area contributed by atoms with Crippen LogP contribution >= 0.6 is 23.6 Å². The lowest BCUT2D eigenvalue weighted by Gasteiger charge is -2.16. The first kappa shape index (κ1) is 21.1. The molecular formula is C17H23N3O5S2. The highest BCUT2D eigenvalue weighted by atomic mass is 32.1. The first-order valence-corrected chi connectivity index (χ1v) is 9.74. The minimum Gasteiger partial charge on any atom is -0.465 e. The highest BCUT2D eigenvalue weighted by Crippen LogP contribution is 2.34. The van der Waals surface area contributed by atoms with Gasteiger partial charge in [-0.05, 0) is 37.5 Å². The number of hydrogen-bond acceptors (Lipinski definition) is 7. The van der Waals surface area contributed by atoms with Crippen LogP contribution in [0.25, 0.3) is 0 Å². The molecule has 0 spiro atoms. The van der Waals surface area contributed by atoms with Crippen molar-refractivity contribution < 1.29 is 23.9 Å². The van der Waals surface area contributed by atoms with Crippen molar-refractivity contribution in [3.8, 4) is 0 Å². The van der Waals surface area contributed by atoms with Gasteiger partial charge in [-0.15, -0.1) is 11.3 Å². The van der Waals surface area contributed by atoms with Gasteiger partial charge >= 0.3 is 11.9 Å². The summed E-state index contributed by atoms with van der Waals surface area (Å²) < 4.78 is 9.56. The third-order valence-electron chi connectivity index (χ3n) is 4.20. The van der Waals surface area contributed by atoms with Crippen LogP contribution in [0.5, 0.6) is 0 Å². The van der Waals surface area contributed by atoms with E-state index in [2.05, 4.69) is 10.6 Å². The largest absolute Gasteiger partial charge is 0.465 e. The number of amides is 1. The summed E-state index contributed by atoms with van der Waals surface area (Å²) in [6.07, 6.45) is 2.31. The zero-order valence-corrected chi connectivity index (χ0v) is 17.2. The van der Waals surface area contributed by atoms with E-state index in [0.717, 1.165) is 30.7 Å². The normalized spacial score (nSPS) is 13.4. The summed E-state index contributed by atoms with van der Waals surface area (Å²) in [6.45, 7) is 3.74. The Morgan fingerprint density at radius 1 is 1.26 bits per heavy atom. The maximum Gasteiger partial charge on any atom is 0.348 e. The summed E-state index contributed by atoms with van der Waals surface area (Å²) in [5, 5.41) is 6.75. The van der Waals surface area contributed by atoms with E-state index in [4.69, 9.17) is 21.7 Å². The monoisotopic (exact) mass is 413 g/mol. The van der Waals surface area contributed by atoms with Crippen molar-refractivity contribution in [2.75, 3.05) is 39.2 Å². The molecule has 1 aliphatic rings. The van der Waals surface area contributed by atoms with Crippen LogP contribution in [0.15, 0.2) is 0 Å². The topological polar surface area (TPSA) is 97.0 Å². The van der Waals surface area contributed by atoms with Gasteiger partial charge in [0.25, 0.3) is 0 Å². The molecule has 2 N–H and O–H groups in total. The van der Waals surface area contributed by atoms with Crippen LogP contribution in [0.2, 0.25) is 0 Å². The van der Waals surface area contributed by atoms with E-state index in [1.54, 1.807) is 6.92 Å². The molecule has 2 rings (SSSR count). The van der Waals surface area contributed by atoms with Gasteiger partial charge in [0.2, 0.25) is 5.91 Å². The molecule has 1 fully saturated rings. The molecular weight excluding hydrogens is 390 g/mol. The van der Waals surface area contributed by atoms with E-state index in [9.17, 15) is 14.4 Å². The van der Waals surface area contributed by atoms with Crippen LogP contribution in [-0.4, -0.2) is 61.7 Å². The Balaban J connectivity index is 1.96. The second-order valence-corrected chi connectivity index (χ2v) is 7.39. The molecule has 0 radical (unpaired) electrons. The van der Waals surface area contributed by atoms with E-state index in [-0.39, 0.29) is 11.5 Å². The van der Waals surface area contributed by atoms with Gasteiger partial charge in [-0.1, -0.05) is 0 Å². The van der Waals surface area contributed by atoms with Crippen molar-refractivity contribution in [3.63, 3.8) is 0 Å². The Hall–Kier alpha value is -2.20. The van der Waals surface area contributed by atoms with Gasteiger partial charge in [-0.3, -0.25) is 4.79 Å². The molecule has 148 valence electrons. The summed E-state index contributed by atoms with van der Waals surface area (Å²) >= 11 is 6.36. The molecule has 8 nitrogen and oxygen atoms in total. The fourth-order valence-corrected chi connectivity index (χ4v) is 4.18. The van der Waals surface area contributed by atoms with Crippen molar-refractivity contribution in [1.29, 1.82) is 0 Å². The van der Waals surface area contributed by atoms with Gasteiger partial charge in [-0.2, -0.15) is 0 Å². The zero-order chi connectivity index (χ0) is 20.0. The number of esters is 2. The number of methoxy groups -OCH3 is 2. The lowest BCUT2D eigenvalue weighted by molar-refractivity contribution is -0.127. The second kappa shape index (κ2) is 9.65. The Kier molecular flexibility index (Phi) is 7.55. The molecule has 0 unspecified atom stereocenters. The second-order valence-electron chi connectivity index (χ2n) is 5.96. The molecule has 0 aliphatic carbocycles. The van der Waals surface area contributed by atoms with Crippen LogP contribution < -0.4 is 10.6 Å². The van der Waals surface area contributed by atoms with Gasteiger partial charge in [0.05, 0.1) is 19.8 Å². The minimum absolute atomic E-state index is 0.197. The van der Waals surface area contributed by atoms with Crippen LogP contribution in [-0.2, 0) is 14.3 Å². The van der Waals surface area contributed by atoms with Gasteiger partial charge in [0, 0.05) is 26.1 Å². The van der Waals surface area contributed by atoms with E-state index in [1.165, 1.54) is 14.2 Å². The van der Waals surface area contributed by atoms with Crippen molar-refractivity contribution in [2.24, 2.45) is 0 Å². The Morgan fingerprint density at radius 3 is 2.56 bits per heavy atom. The van der Waals surface area contributed by atoms with Crippen molar-refractivity contribution in [3.05, 3.63) is 16.0 Å². The quantitative estimate of drug-likeness (QED) is 0.398. The summed E-state index contributed by atoms with van der Waals surface area (Å²) in [7, 11) is 2.56. The molecule has 0 bridgehead atoms. The molecule has 1 amide bonds. The van der Waals surface area contributed by atoms with E-state index < -0.39 is 11.9 Å². The Labute approximate surface area is 167 Å². The average Bonchev–Trinajstić information content (AvgIpc) is 3.20. The first-order valence-electron chi connectivity index (χ1n) is 8.51. The minimum atomic E-state index is -0.559. The Bertz CT molecular complexity index is 747. The summed E-state index contributed by atoms with van der Waals surface area (Å²) in [6, 6.07) is 0. The van der Waals surface area contributed by atoms with Crippen LogP contribution in [0.3, 0.4) is 0 Å². The highest BCUT2D eigenvalue weighted by Gasteiger charge is 2.26. The average molecular weight is 414 g/mol. The highest BCUT2D eigenvalue weighted by molar-refractivity contribution is 7.80. The molecule has 0 atom stereocenters. The summed E-state index contributed by atoms with van der Waals surface area (Å²) in [5.41, 5.74) is 0.742. The number of carbonyl (C=O) groups excluding carboxylic acids is 3. The SMILES string of the molecule is COC(=O)c1sc(NC(=S)NCCCN2CCCC2=O)c(C(=O)OC)c1C. The van der Waals surface area contributed by atoms with Gasteiger partial charge in [-0.25, -0.2) is 9.59 Å². The number of hydrogen-bond donors (Lipinski definition) is 2. The molecule has 1 saturated heterocycles. The number of likely N-dealkylation sites (tertiary alicyclic amines) is 1. The predicted molar refractivity (Wildman–Crippen MR) is 106 cm³/mol. The first-order chi connectivity index (χ1) is 12.9. The number of thiocarbonyl (C=S) groups is 1. The number of thiophene rings is 1. The van der Waals surface area contributed by atoms with Crippen molar-refractivity contribution in [1.82, 2.24) is 10.2 Å². The van der Waals surface area contributed by atoms with Gasteiger partial charge < -0.3 is 25.0 Å². The van der Waals surface area contributed by atoms with Crippen LogP contribution in [0.1, 0.15) is 44.9 Å². The summed E-state index contributed by atoms with van der Waals surface area (Å²) in [4.78, 5) is 37.7. The third-order valence-corrected chi connectivity index (χ3v) is 5.63. The molecule has 0 aromatic carbocycles. The zero-order valence-electron chi connectivity index (χ0n) is 15.5. The van der Waals surface area contributed by atoms with Crippen molar-refractivity contribution in [2.45, 2.75) is 26.2 Å². The Morgan fingerprint density at radius 2 is 1.96 bits per heavy atom. The summed E-state index contributed by atoms with van der Waals surface area (Å²) in [5.74, 6) is -0.885. The number of rotatable bonds is 7. The molecule has 10 heteroatoms. The predicted octanol–water partition coefficient (Wildman–Crippen LogP) is 1.93. The number of ether oxygens (including phenoxy) is 2. The molecule has 2 heterocycles. The van der Waals surface area contributed by atoms with E-state index in [1.807, 2.05) is 4.90 Å². The third kappa shape index (κ3) is 5.16. The smallest absolute Gasteiger partial charge is 0.348 e. The van der Waals surface area contributed by atoms with Crippen molar-refractivity contribution >= 4 is 51.5 Å². The number of carbonyl (C=O) groups is 3. The standard InChI is InChI=1S/C17H23N3O5S2/c1-10-12(15(22)24-2)14(27-13(10)16(23)25-3)19-17(26)18-7-5-9-20-8-4-6-11(20)21/h4-9H2,1-3H3,(H2,18,19,26). The molecule has 27 heavy (non-hydrogen) atoms.